The van der Waals surface area contributed by atoms with Gasteiger partial charge in [0.05, 0.1) is 11.6 Å². The first-order valence-corrected chi connectivity index (χ1v) is 5.82. The second-order valence-corrected chi connectivity index (χ2v) is 4.50. The minimum atomic E-state index is -1.19. The highest BCUT2D eigenvalue weighted by Crippen LogP contribution is 2.30. The molecular weight excluding hydrogens is 323 g/mol. The van der Waals surface area contributed by atoms with Crippen molar-refractivity contribution in [1.29, 1.82) is 5.26 Å². The molecule has 2 rings (SSSR count). The van der Waals surface area contributed by atoms with Crippen LogP contribution in [0.3, 0.4) is 0 Å². The van der Waals surface area contributed by atoms with Gasteiger partial charge in [-0.05, 0) is 24.3 Å². The maximum atomic E-state index is 13.5. The van der Waals surface area contributed by atoms with Gasteiger partial charge in [0.25, 0.3) is 0 Å². The van der Waals surface area contributed by atoms with Crippen molar-refractivity contribution in [2.24, 2.45) is 0 Å². The highest BCUT2D eigenvalue weighted by atomic mass is 79.9. The molecule has 0 saturated heterocycles. The van der Waals surface area contributed by atoms with Crippen LogP contribution in [-0.2, 0) is 0 Å². The molecule has 0 radical (unpaired) electrons. The lowest BCUT2D eigenvalue weighted by Gasteiger charge is -2.08. The van der Waals surface area contributed by atoms with Crippen molar-refractivity contribution in [3.63, 3.8) is 0 Å². The van der Waals surface area contributed by atoms with Gasteiger partial charge in [-0.3, -0.25) is 0 Å². The molecule has 0 atom stereocenters. The fraction of sp³-hybridized carbons (Fsp3) is 0. The molecule has 0 saturated carbocycles. The van der Waals surface area contributed by atoms with E-state index in [9.17, 15) is 13.2 Å². The molecule has 0 unspecified atom stereocenters. The molecule has 2 nitrogen and oxygen atoms in total. The van der Waals surface area contributed by atoms with E-state index < -0.39 is 23.2 Å². The lowest BCUT2D eigenvalue weighted by molar-refractivity contribution is 0.413. The highest BCUT2D eigenvalue weighted by molar-refractivity contribution is 9.10. The maximum Gasteiger partial charge on any atom is 0.201 e. The van der Waals surface area contributed by atoms with Crippen LogP contribution in [0, 0.1) is 28.8 Å². The monoisotopic (exact) mass is 327 g/mol. The molecule has 0 aliphatic rings. The third-order valence-electron chi connectivity index (χ3n) is 2.19. The first kappa shape index (κ1) is 13.4. The molecule has 0 bridgehead atoms. The zero-order valence-electron chi connectivity index (χ0n) is 9.25. The summed E-state index contributed by atoms with van der Waals surface area (Å²) in [5.74, 6) is -3.48. The van der Waals surface area contributed by atoms with E-state index in [2.05, 4.69) is 15.9 Å². The van der Waals surface area contributed by atoms with Crippen molar-refractivity contribution in [3.8, 4) is 17.6 Å². The second kappa shape index (κ2) is 5.33. The van der Waals surface area contributed by atoms with E-state index in [0.717, 1.165) is 18.2 Å². The summed E-state index contributed by atoms with van der Waals surface area (Å²) in [5.41, 5.74) is 0.0193. The minimum Gasteiger partial charge on any atom is -0.454 e. The van der Waals surface area contributed by atoms with Crippen molar-refractivity contribution in [1.82, 2.24) is 0 Å². The van der Waals surface area contributed by atoms with E-state index >= 15 is 0 Å². The molecule has 0 amide bonds. The number of benzene rings is 2. The number of hydrogen-bond acceptors (Lipinski definition) is 2. The third kappa shape index (κ3) is 3.06. The fourth-order valence-corrected chi connectivity index (χ4v) is 1.83. The third-order valence-corrected chi connectivity index (χ3v) is 2.65. The smallest absolute Gasteiger partial charge is 0.201 e. The van der Waals surface area contributed by atoms with Crippen LogP contribution in [0.4, 0.5) is 13.2 Å². The van der Waals surface area contributed by atoms with E-state index in [0.29, 0.717) is 0 Å². The molecular formula is C13H5BrF3NO. The lowest BCUT2D eigenvalue weighted by Crippen LogP contribution is -1.93. The quantitative estimate of drug-likeness (QED) is 0.759. The van der Waals surface area contributed by atoms with Crippen LogP contribution in [0.5, 0.6) is 11.5 Å². The molecule has 0 aromatic heterocycles. The van der Waals surface area contributed by atoms with Crippen molar-refractivity contribution >= 4 is 15.9 Å². The predicted molar refractivity (Wildman–Crippen MR) is 65.2 cm³/mol. The summed E-state index contributed by atoms with van der Waals surface area (Å²) >= 11 is 2.99. The first-order valence-electron chi connectivity index (χ1n) is 5.02. The SMILES string of the molecule is N#Cc1cc(F)cc(Oc2cc(Br)cc(F)c2F)c1. The van der Waals surface area contributed by atoms with Gasteiger partial charge in [-0.25, -0.2) is 8.78 Å². The fourth-order valence-electron chi connectivity index (χ4n) is 1.42. The maximum absolute atomic E-state index is 13.5. The summed E-state index contributed by atoms with van der Waals surface area (Å²) in [5, 5.41) is 8.68. The topological polar surface area (TPSA) is 33.0 Å². The Hall–Kier alpha value is -2.00. The molecule has 0 fully saturated rings. The van der Waals surface area contributed by atoms with Crippen LogP contribution in [0.15, 0.2) is 34.8 Å². The van der Waals surface area contributed by atoms with Crippen LogP contribution in [0.1, 0.15) is 5.56 Å². The molecule has 6 heteroatoms. The number of halogens is 4. The standard InChI is InChI=1S/C13H5BrF3NO/c14-8-3-11(16)13(17)12(4-8)19-10-2-7(6-18)1-9(15)5-10/h1-5H. The Morgan fingerprint density at radius 3 is 2.47 bits per heavy atom. The summed E-state index contributed by atoms with van der Waals surface area (Å²) < 4.78 is 45.1. The highest BCUT2D eigenvalue weighted by Gasteiger charge is 2.13. The van der Waals surface area contributed by atoms with Gasteiger partial charge >= 0.3 is 0 Å². The molecule has 0 aliphatic carbocycles. The Morgan fingerprint density at radius 1 is 1.05 bits per heavy atom. The second-order valence-electron chi connectivity index (χ2n) is 3.59. The van der Waals surface area contributed by atoms with Gasteiger partial charge in [0.15, 0.2) is 11.6 Å². The van der Waals surface area contributed by atoms with E-state index in [4.69, 9.17) is 10.00 Å². The van der Waals surface area contributed by atoms with Crippen molar-refractivity contribution < 1.29 is 17.9 Å². The van der Waals surface area contributed by atoms with E-state index in [-0.39, 0.29) is 15.8 Å². The minimum absolute atomic E-state index is 0.0193. The number of nitriles is 1. The summed E-state index contributed by atoms with van der Waals surface area (Å²) in [6.07, 6.45) is 0. The molecule has 0 N–H and O–H groups in total. The van der Waals surface area contributed by atoms with Gasteiger partial charge in [-0.1, -0.05) is 15.9 Å². The number of rotatable bonds is 2. The average Bonchev–Trinajstić information content (AvgIpc) is 2.34. The molecule has 2 aromatic carbocycles. The van der Waals surface area contributed by atoms with Crippen LogP contribution in [0.25, 0.3) is 0 Å². The van der Waals surface area contributed by atoms with Gasteiger partial charge in [0.2, 0.25) is 5.82 Å². The van der Waals surface area contributed by atoms with Crippen LogP contribution >= 0.6 is 15.9 Å². The van der Waals surface area contributed by atoms with Crippen LogP contribution < -0.4 is 4.74 Å². The molecule has 2 aromatic rings. The summed E-state index contributed by atoms with van der Waals surface area (Å²) in [6.45, 7) is 0. The molecule has 19 heavy (non-hydrogen) atoms. The van der Waals surface area contributed by atoms with Gasteiger partial charge < -0.3 is 4.74 Å². The van der Waals surface area contributed by atoms with Gasteiger partial charge in [-0.15, -0.1) is 0 Å². The lowest BCUT2D eigenvalue weighted by atomic mass is 10.2. The Morgan fingerprint density at radius 2 is 1.79 bits per heavy atom. The van der Waals surface area contributed by atoms with Gasteiger partial charge in [0.1, 0.15) is 11.6 Å². The van der Waals surface area contributed by atoms with Crippen LogP contribution in [-0.4, -0.2) is 0 Å². The van der Waals surface area contributed by atoms with Crippen molar-refractivity contribution in [3.05, 3.63) is 57.8 Å². The zero-order valence-corrected chi connectivity index (χ0v) is 10.8. The summed E-state index contributed by atoms with van der Waals surface area (Å²) in [6, 6.07) is 7.08. The summed E-state index contributed by atoms with van der Waals surface area (Å²) in [7, 11) is 0. The number of nitrogens with zero attached hydrogens (tertiary/aromatic N) is 1. The molecule has 0 spiro atoms. The Bertz CT molecular complexity index is 682. The molecule has 0 heterocycles. The average molecular weight is 328 g/mol. The van der Waals surface area contributed by atoms with E-state index in [1.54, 1.807) is 6.07 Å². The van der Waals surface area contributed by atoms with Crippen molar-refractivity contribution in [2.75, 3.05) is 0 Å². The largest absolute Gasteiger partial charge is 0.454 e. The first-order chi connectivity index (χ1) is 8.99. The number of hydrogen-bond donors (Lipinski definition) is 0. The molecule has 0 aliphatic heterocycles. The molecule has 96 valence electrons. The van der Waals surface area contributed by atoms with Crippen molar-refractivity contribution in [2.45, 2.75) is 0 Å². The zero-order chi connectivity index (χ0) is 14.0. The normalized spacial score (nSPS) is 10.1. The Kier molecular flexibility index (Phi) is 3.76. The predicted octanol–water partition coefficient (Wildman–Crippen LogP) is 4.53. The van der Waals surface area contributed by atoms with E-state index in [1.165, 1.54) is 12.1 Å². The Labute approximate surface area is 115 Å². The summed E-state index contributed by atoms with van der Waals surface area (Å²) in [4.78, 5) is 0. The van der Waals surface area contributed by atoms with Crippen LogP contribution in [0.2, 0.25) is 0 Å². The van der Waals surface area contributed by atoms with Gasteiger partial charge in [0, 0.05) is 10.5 Å². The Balaban J connectivity index is 2.42. The van der Waals surface area contributed by atoms with Gasteiger partial charge in [-0.2, -0.15) is 9.65 Å². The van der Waals surface area contributed by atoms with E-state index in [1.807, 2.05) is 0 Å². The number of ether oxygens (including phenoxy) is 1.